The molecule has 0 fully saturated rings. The average Bonchev–Trinajstić information content (AvgIpc) is 2.63. The minimum atomic E-state index is 0.123. The Labute approximate surface area is 156 Å². The zero-order valence-corrected chi connectivity index (χ0v) is 16.6. The second kappa shape index (κ2) is 6.13. The van der Waals surface area contributed by atoms with Gasteiger partial charge in [0.05, 0.1) is 0 Å². The Morgan fingerprint density at radius 1 is 0.654 bits per heavy atom. The van der Waals surface area contributed by atoms with Crippen molar-refractivity contribution in [2.24, 2.45) is 0 Å². The molecule has 4 rings (SSSR count). The zero-order chi connectivity index (χ0) is 18.5. The summed E-state index contributed by atoms with van der Waals surface area (Å²) in [6.07, 6.45) is 2.14. The molecule has 3 aromatic carbocycles. The van der Waals surface area contributed by atoms with Crippen molar-refractivity contribution in [1.29, 1.82) is 0 Å². The van der Waals surface area contributed by atoms with Crippen LogP contribution in [0.5, 0.6) is 0 Å². The van der Waals surface area contributed by atoms with Gasteiger partial charge < -0.3 is 0 Å². The molecular formula is C26H28. The molecule has 0 spiro atoms. The summed E-state index contributed by atoms with van der Waals surface area (Å²) in [6, 6.07) is 20.4. The third-order valence-electron chi connectivity index (χ3n) is 5.71. The molecule has 0 N–H and O–H groups in total. The van der Waals surface area contributed by atoms with Gasteiger partial charge in [-0.25, -0.2) is 0 Å². The van der Waals surface area contributed by atoms with Gasteiger partial charge in [0.1, 0.15) is 0 Å². The van der Waals surface area contributed by atoms with E-state index in [0.717, 1.165) is 12.8 Å². The molecule has 0 atom stereocenters. The molecule has 26 heavy (non-hydrogen) atoms. The summed E-state index contributed by atoms with van der Waals surface area (Å²) < 4.78 is 0. The van der Waals surface area contributed by atoms with Gasteiger partial charge >= 0.3 is 0 Å². The van der Waals surface area contributed by atoms with Crippen LogP contribution in [0.1, 0.15) is 51.3 Å². The van der Waals surface area contributed by atoms with E-state index < -0.39 is 0 Å². The van der Waals surface area contributed by atoms with Gasteiger partial charge in [-0.1, -0.05) is 89.2 Å². The van der Waals surface area contributed by atoms with Gasteiger partial charge in [0.25, 0.3) is 0 Å². The molecule has 1 aliphatic carbocycles. The average molecular weight is 341 g/mol. The summed E-state index contributed by atoms with van der Waals surface area (Å²) in [7, 11) is 0. The topological polar surface area (TPSA) is 0 Å². The third kappa shape index (κ3) is 2.43. The zero-order valence-electron chi connectivity index (χ0n) is 16.6. The molecule has 0 bridgehead atoms. The van der Waals surface area contributed by atoms with Gasteiger partial charge in [-0.15, -0.1) is 0 Å². The van der Waals surface area contributed by atoms with Gasteiger partial charge in [0.2, 0.25) is 0 Å². The van der Waals surface area contributed by atoms with Crippen LogP contribution in [0.15, 0.2) is 54.6 Å². The molecule has 0 nitrogen and oxygen atoms in total. The number of hydrogen-bond donors (Lipinski definition) is 0. The Hall–Kier alpha value is -2.34. The predicted octanol–water partition coefficient (Wildman–Crippen LogP) is 6.66. The lowest BCUT2D eigenvalue weighted by Crippen LogP contribution is -2.17. The fraction of sp³-hybridized carbons (Fsp3) is 0.308. The lowest BCUT2D eigenvalue weighted by atomic mass is 9.75. The quantitative estimate of drug-likeness (QED) is 0.391. The molecule has 0 amide bonds. The number of benzene rings is 3. The van der Waals surface area contributed by atoms with Crippen molar-refractivity contribution in [3.8, 4) is 11.1 Å². The van der Waals surface area contributed by atoms with Crippen molar-refractivity contribution >= 4 is 0 Å². The van der Waals surface area contributed by atoms with Gasteiger partial charge in [0, 0.05) is 0 Å². The Morgan fingerprint density at radius 2 is 1.27 bits per heavy atom. The van der Waals surface area contributed by atoms with Crippen LogP contribution in [0, 0.1) is 20.9 Å². The maximum Gasteiger partial charge on any atom is -0.00202 e. The normalized spacial score (nSPS) is 12.3. The van der Waals surface area contributed by atoms with Crippen LogP contribution in [0.25, 0.3) is 11.1 Å². The molecule has 3 aromatic rings. The van der Waals surface area contributed by atoms with E-state index >= 15 is 0 Å². The summed E-state index contributed by atoms with van der Waals surface area (Å²) in [5.41, 5.74) is 7.48. The molecular weight excluding hydrogens is 312 g/mol. The highest BCUT2D eigenvalue weighted by molar-refractivity contribution is 5.75. The van der Waals surface area contributed by atoms with Gasteiger partial charge in [0.15, 0.2) is 0 Å². The first-order chi connectivity index (χ1) is 12.5. The summed E-state index contributed by atoms with van der Waals surface area (Å²) >= 11 is 0. The van der Waals surface area contributed by atoms with Crippen LogP contribution in [0.3, 0.4) is 0 Å². The Bertz CT molecular complexity index is 1170. The highest BCUT2D eigenvalue weighted by Gasteiger charge is 2.25. The highest BCUT2D eigenvalue weighted by Crippen LogP contribution is 2.40. The van der Waals surface area contributed by atoms with E-state index in [0.29, 0.717) is 0 Å². The number of aryl methyl sites for hydroxylation is 2. The third-order valence-corrected chi connectivity index (χ3v) is 5.71. The van der Waals surface area contributed by atoms with Crippen LogP contribution in [-0.4, -0.2) is 0 Å². The smallest absolute Gasteiger partial charge is 0.00202 e. The molecule has 0 aliphatic heterocycles. The Balaban J connectivity index is 2.18. The first-order valence-corrected chi connectivity index (χ1v) is 9.85. The number of rotatable bonds is 3. The number of hydrogen-bond acceptors (Lipinski definition) is 0. The Kier molecular flexibility index (Phi) is 4.03. The maximum atomic E-state index is 2.35. The molecule has 0 saturated carbocycles. The summed E-state index contributed by atoms with van der Waals surface area (Å²) in [5, 5.41) is 5.65. The van der Waals surface area contributed by atoms with E-state index in [4.69, 9.17) is 0 Å². The first kappa shape index (κ1) is 17.1. The van der Waals surface area contributed by atoms with Crippen LogP contribution < -0.4 is 0 Å². The summed E-state index contributed by atoms with van der Waals surface area (Å²) in [6.45, 7) is 11.6. The molecule has 0 heterocycles. The second-order valence-electron chi connectivity index (χ2n) is 8.36. The minimum Gasteiger partial charge on any atom is -0.0616 e. The van der Waals surface area contributed by atoms with E-state index in [2.05, 4.69) is 89.2 Å². The van der Waals surface area contributed by atoms with Gasteiger partial charge in [-0.3, -0.25) is 0 Å². The predicted molar refractivity (Wildman–Crippen MR) is 111 cm³/mol. The molecule has 0 aromatic heterocycles. The van der Waals surface area contributed by atoms with Crippen molar-refractivity contribution in [1.82, 2.24) is 0 Å². The van der Waals surface area contributed by atoms with Crippen molar-refractivity contribution < 1.29 is 0 Å². The largest absolute Gasteiger partial charge is 0.0616 e. The summed E-state index contributed by atoms with van der Waals surface area (Å²) in [4.78, 5) is 0. The minimum absolute atomic E-state index is 0.123. The van der Waals surface area contributed by atoms with Crippen molar-refractivity contribution in [3.63, 3.8) is 0 Å². The van der Waals surface area contributed by atoms with E-state index in [1.165, 1.54) is 48.7 Å². The Morgan fingerprint density at radius 3 is 1.92 bits per heavy atom. The molecule has 132 valence electrons. The fourth-order valence-electron chi connectivity index (χ4n) is 4.59. The second-order valence-corrected chi connectivity index (χ2v) is 8.36. The van der Waals surface area contributed by atoms with Crippen LogP contribution in [0.4, 0.5) is 0 Å². The molecule has 0 saturated heterocycles. The molecule has 0 radical (unpaired) electrons. The van der Waals surface area contributed by atoms with Gasteiger partial charge in [-0.2, -0.15) is 0 Å². The summed E-state index contributed by atoms with van der Waals surface area (Å²) in [5.74, 6) is 0. The maximum absolute atomic E-state index is 2.35. The highest BCUT2D eigenvalue weighted by atomic mass is 14.3. The van der Waals surface area contributed by atoms with Crippen LogP contribution >= 0.6 is 0 Å². The molecule has 1 aliphatic rings. The fourth-order valence-corrected chi connectivity index (χ4v) is 4.59. The lowest BCUT2D eigenvalue weighted by molar-refractivity contribution is 0.584. The van der Waals surface area contributed by atoms with Gasteiger partial charge in [-0.05, 0) is 66.9 Å². The lowest BCUT2D eigenvalue weighted by Gasteiger charge is -2.29. The first-order valence-electron chi connectivity index (χ1n) is 9.85. The van der Waals surface area contributed by atoms with Crippen LogP contribution in [0.2, 0.25) is 0 Å². The van der Waals surface area contributed by atoms with Crippen molar-refractivity contribution in [2.45, 2.75) is 52.9 Å². The van der Waals surface area contributed by atoms with Crippen LogP contribution in [-0.2, 0) is 18.3 Å². The number of fused-ring (bicyclic) bond motifs is 2. The SMILES string of the molecule is CCc1ccc(CC)c(C(C)(C)C)c1-c1cccc2c1=c1ccccc1=2. The van der Waals surface area contributed by atoms with E-state index in [-0.39, 0.29) is 5.41 Å². The van der Waals surface area contributed by atoms with E-state index in [1.54, 1.807) is 0 Å². The van der Waals surface area contributed by atoms with E-state index in [1.807, 2.05) is 0 Å². The monoisotopic (exact) mass is 340 g/mol. The van der Waals surface area contributed by atoms with E-state index in [9.17, 15) is 0 Å². The molecule has 0 heteroatoms. The van der Waals surface area contributed by atoms with Crippen molar-refractivity contribution in [3.05, 3.63) is 92.2 Å². The standard InChI is InChI=1S/C26H28/c1-6-17-15-16-18(7-2)25(26(3,4)5)23(17)22-14-10-13-21-19-11-8-9-12-20(19)24(21)22/h8-16H,6-7H2,1-5H3. The molecule has 0 unspecified atom stereocenters. The van der Waals surface area contributed by atoms with Crippen molar-refractivity contribution in [2.75, 3.05) is 0 Å².